The Kier molecular flexibility index (Phi) is 4.78. The first-order valence-corrected chi connectivity index (χ1v) is 3.37. The van der Waals surface area contributed by atoms with Crippen LogP contribution in [0.25, 0.3) is 0 Å². The number of hydrogen-bond acceptors (Lipinski definition) is 3. The van der Waals surface area contributed by atoms with Crippen molar-refractivity contribution in [2.24, 2.45) is 16.9 Å². The molecule has 0 aromatic carbocycles. The largest absolute Gasteiger partial charge is 0.300 e. The Bertz CT molecular complexity index is 132. The zero-order valence-corrected chi connectivity index (χ0v) is 6.90. The van der Waals surface area contributed by atoms with Crippen molar-refractivity contribution >= 4 is 23.5 Å². The van der Waals surface area contributed by atoms with Crippen LogP contribution in [-0.4, -0.2) is 11.3 Å². The van der Waals surface area contributed by atoms with E-state index in [1.807, 2.05) is 13.8 Å². The summed E-state index contributed by atoms with van der Waals surface area (Å²) in [4.78, 5) is 0. The topological polar surface area (TPSA) is 62.4 Å². The fourth-order valence-electron chi connectivity index (χ4n) is 0.277. The van der Waals surface area contributed by atoms with Crippen molar-refractivity contribution < 1.29 is 0 Å². The molecule has 0 rings (SSSR count). The standard InChI is InChI=1S/C5H12N4S/c1-4(2)3-7-9-5(10)8-6/h3-4H,6H2,1-2H3,(H2,8,9,10)/b7-3+. The van der Waals surface area contributed by atoms with E-state index in [0.717, 1.165) is 0 Å². The number of rotatable bonds is 2. The molecule has 0 saturated heterocycles. The first-order valence-electron chi connectivity index (χ1n) is 2.96. The maximum atomic E-state index is 4.96. The van der Waals surface area contributed by atoms with Crippen LogP contribution >= 0.6 is 12.2 Å². The third-order valence-corrected chi connectivity index (χ3v) is 0.879. The summed E-state index contributed by atoms with van der Waals surface area (Å²) in [6.45, 7) is 4.04. The summed E-state index contributed by atoms with van der Waals surface area (Å²) in [5.74, 6) is 5.37. The molecule has 0 aliphatic heterocycles. The maximum Gasteiger partial charge on any atom is 0.201 e. The van der Waals surface area contributed by atoms with Crippen LogP contribution in [0.4, 0.5) is 0 Å². The summed E-state index contributed by atoms with van der Waals surface area (Å²) in [6, 6.07) is 0. The van der Waals surface area contributed by atoms with Crippen LogP contribution in [-0.2, 0) is 0 Å². The van der Waals surface area contributed by atoms with Gasteiger partial charge in [0.15, 0.2) is 0 Å². The van der Waals surface area contributed by atoms with Gasteiger partial charge in [-0.25, -0.2) is 5.84 Å². The third-order valence-electron chi connectivity index (χ3n) is 0.670. The quantitative estimate of drug-likeness (QED) is 0.230. The van der Waals surface area contributed by atoms with Crippen molar-refractivity contribution in [2.45, 2.75) is 13.8 Å². The Balaban J connectivity index is 3.43. The molecule has 0 aliphatic rings. The van der Waals surface area contributed by atoms with Crippen molar-refractivity contribution in [3.63, 3.8) is 0 Å². The van der Waals surface area contributed by atoms with E-state index in [0.29, 0.717) is 11.0 Å². The normalized spacial score (nSPS) is 10.4. The molecule has 4 N–H and O–H groups in total. The van der Waals surface area contributed by atoms with Crippen LogP contribution in [0.3, 0.4) is 0 Å². The van der Waals surface area contributed by atoms with Gasteiger partial charge >= 0.3 is 0 Å². The van der Waals surface area contributed by atoms with E-state index in [9.17, 15) is 0 Å². The van der Waals surface area contributed by atoms with Crippen molar-refractivity contribution in [3.05, 3.63) is 0 Å². The van der Waals surface area contributed by atoms with E-state index >= 15 is 0 Å². The van der Waals surface area contributed by atoms with Crippen LogP contribution in [0.15, 0.2) is 5.10 Å². The van der Waals surface area contributed by atoms with E-state index in [4.69, 9.17) is 5.84 Å². The van der Waals surface area contributed by atoms with Gasteiger partial charge in [0.25, 0.3) is 0 Å². The van der Waals surface area contributed by atoms with Gasteiger partial charge in [-0.3, -0.25) is 10.9 Å². The molecule has 58 valence electrons. The molecule has 0 atom stereocenters. The minimum Gasteiger partial charge on any atom is -0.300 e. The van der Waals surface area contributed by atoms with E-state index in [1.165, 1.54) is 0 Å². The number of nitrogens with two attached hydrogens (primary N) is 1. The number of nitrogens with one attached hydrogen (secondary N) is 2. The average molecular weight is 160 g/mol. The molecular formula is C5H12N4S. The molecule has 0 aliphatic carbocycles. The number of nitrogens with zero attached hydrogens (tertiary/aromatic N) is 1. The van der Waals surface area contributed by atoms with Crippen molar-refractivity contribution in [3.8, 4) is 0 Å². The lowest BCUT2D eigenvalue weighted by molar-refractivity contribution is 0.870. The minimum absolute atomic E-state index is 0.317. The lowest BCUT2D eigenvalue weighted by atomic mass is 10.3. The third kappa shape index (κ3) is 5.46. The molecule has 0 saturated carbocycles. The van der Waals surface area contributed by atoms with Gasteiger partial charge in [-0.1, -0.05) is 13.8 Å². The maximum absolute atomic E-state index is 4.96. The highest BCUT2D eigenvalue weighted by atomic mass is 32.1. The van der Waals surface area contributed by atoms with Crippen LogP contribution in [0.1, 0.15) is 13.8 Å². The summed E-state index contributed by atoms with van der Waals surface area (Å²) >= 11 is 4.65. The monoisotopic (exact) mass is 160 g/mol. The lowest BCUT2D eigenvalue weighted by Crippen LogP contribution is -2.37. The van der Waals surface area contributed by atoms with Crippen molar-refractivity contribution in [1.29, 1.82) is 0 Å². The number of thiocarbonyl (C=S) groups is 1. The molecule has 0 aromatic rings. The van der Waals surface area contributed by atoms with E-state index in [-0.39, 0.29) is 0 Å². The first-order chi connectivity index (χ1) is 4.66. The zero-order chi connectivity index (χ0) is 7.98. The molecule has 0 heterocycles. The summed E-state index contributed by atoms with van der Waals surface area (Å²) in [6.07, 6.45) is 1.74. The second kappa shape index (κ2) is 5.13. The van der Waals surface area contributed by atoms with Gasteiger partial charge in [0.1, 0.15) is 0 Å². The predicted molar refractivity (Wildman–Crippen MR) is 46.4 cm³/mol. The van der Waals surface area contributed by atoms with Gasteiger partial charge in [-0.15, -0.1) is 0 Å². The van der Waals surface area contributed by atoms with Gasteiger partial charge < -0.3 is 0 Å². The van der Waals surface area contributed by atoms with Gasteiger partial charge in [-0.2, -0.15) is 5.10 Å². The summed E-state index contributed by atoms with van der Waals surface area (Å²) in [7, 11) is 0. The van der Waals surface area contributed by atoms with Crippen molar-refractivity contribution in [2.75, 3.05) is 0 Å². The van der Waals surface area contributed by atoms with Gasteiger partial charge in [-0.05, 0) is 18.1 Å². The minimum atomic E-state index is 0.317. The van der Waals surface area contributed by atoms with Crippen LogP contribution in [0.2, 0.25) is 0 Å². The highest BCUT2D eigenvalue weighted by Gasteiger charge is 1.86. The van der Waals surface area contributed by atoms with E-state index in [1.54, 1.807) is 6.21 Å². The smallest absolute Gasteiger partial charge is 0.201 e. The Morgan fingerprint density at radius 1 is 1.70 bits per heavy atom. The Hall–Kier alpha value is -0.680. The molecule has 4 nitrogen and oxygen atoms in total. The summed E-state index contributed by atoms with van der Waals surface area (Å²) < 4.78 is 0. The molecule has 10 heavy (non-hydrogen) atoms. The molecule has 0 aromatic heterocycles. The number of hydrazine groups is 1. The summed E-state index contributed by atoms with van der Waals surface area (Å²) in [5, 5.41) is 4.10. The fraction of sp³-hybridized carbons (Fsp3) is 0.600. The SMILES string of the molecule is CC(C)/C=N/NC(=S)NN. The Morgan fingerprint density at radius 2 is 2.30 bits per heavy atom. The average Bonchev–Trinajstić information content (AvgIpc) is 1.87. The molecule has 0 bridgehead atoms. The van der Waals surface area contributed by atoms with Gasteiger partial charge in [0.05, 0.1) is 0 Å². The zero-order valence-electron chi connectivity index (χ0n) is 6.09. The second-order valence-electron chi connectivity index (χ2n) is 2.11. The highest BCUT2D eigenvalue weighted by molar-refractivity contribution is 7.80. The molecule has 0 spiro atoms. The van der Waals surface area contributed by atoms with E-state index in [2.05, 4.69) is 28.2 Å². The molecule has 0 amide bonds. The number of hydrogen-bond donors (Lipinski definition) is 3. The Morgan fingerprint density at radius 3 is 2.70 bits per heavy atom. The predicted octanol–water partition coefficient (Wildman–Crippen LogP) is -0.0340. The molecular weight excluding hydrogens is 148 g/mol. The Labute approximate surface area is 65.8 Å². The molecule has 0 fully saturated rings. The number of hydrazone groups is 1. The molecule has 0 unspecified atom stereocenters. The summed E-state index contributed by atoms with van der Waals surface area (Å²) in [5.41, 5.74) is 4.77. The van der Waals surface area contributed by atoms with Gasteiger partial charge in [0.2, 0.25) is 5.11 Å². The van der Waals surface area contributed by atoms with E-state index < -0.39 is 0 Å². The van der Waals surface area contributed by atoms with Crippen LogP contribution in [0, 0.1) is 5.92 Å². The first kappa shape index (κ1) is 9.32. The lowest BCUT2D eigenvalue weighted by Gasteiger charge is -1.99. The molecule has 5 heteroatoms. The highest BCUT2D eigenvalue weighted by Crippen LogP contribution is 1.82. The fourth-order valence-corrected chi connectivity index (χ4v) is 0.330. The molecule has 0 radical (unpaired) electrons. The second-order valence-corrected chi connectivity index (χ2v) is 2.52. The van der Waals surface area contributed by atoms with Gasteiger partial charge in [0, 0.05) is 6.21 Å². The van der Waals surface area contributed by atoms with Crippen LogP contribution < -0.4 is 16.7 Å². The van der Waals surface area contributed by atoms with Crippen molar-refractivity contribution in [1.82, 2.24) is 10.9 Å². The van der Waals surface area contributed by atoms with Crippen LogP contribution in [0.5, 0.6) is 0 Å².